The van der Waals surface area contributed by atoms with Crippen LogP contribution in [0.25, 0.3) is 0 Å². The van der Waals surface area contributed by atoms with Crippen molar-refractivity contribution in [1.29, 1.82) is 0 Å². The van der Waals surface area contributed by atoms with Gasteiger partial charge >= 0.3 is 0 Å². The number of carbonyl (C=O) groups excluding carboxylic acids is 4. The Labute approximate surface area is 335 Å². The highest BCUT2D eigenvalue weighted by Crippen LogP contribution is 2.34. The molecule has 1 aromatic heterocycles. The fourth-order valence-electron chi connectivity index (χ4n) is 6.52. The van der Waals surface area contributed by atoms with Gasteiger partial charge in [0.25, 0.3) is 11.8 Å². The highest BCUT2D eigenvalue weighted by Gasteiger charge is 2.44. The zero-order valence-corrected chi connectivity index (χ0v) is 32.7. The van der Waals surface area contributed by atoms with Crippen molar-refractivity contribution in [2.75, 3.05) is 50.8 Å². The van der Waals surface area contributed by atoms with Crippen molar-refractivity contribution in [3.05, 3.63) is 101 Å². The van der Waals surface area contributed by atoms with Gasteiger partial charge in [-0.3, -0.25) is 34.1 Å². The first kappa shape index (κ1) is 41.3. The van der Waals surface area contributed by atoms with Crippen molar-refractivity contribution in [3.8, 4) is 11.5 Å². The highest BCUT2D eigenvalue weighted by molar-refractivity contribution is 6.23. The van der Waals surface area contributed by atoms with Crippen LogP contribution in [-0.4, -0.2) is 106 Å². The van der Waals surface area contributed by atoms with E-state index in [9.17, 15) is 24.3 Å². The lowest BCUT2D eigenvalue weighted by Gasteiger charge is -2.27. The average Bonchev–Trinajstić information content (AvgIpc) is 3.77. The van der Waals surface area contributed by atoms with Gasteiger partial charge < -0.3 is 29.4 Å². The third-order valence-electron chi connectivity index (χ3n) is 9.81. The molecule has 2 aliphatic rings. The summed E-state index contributed by atoms with van der Waals surface area (Å²) in [4.78, 5) is 50.7. The molecule has 6 rings (SSSR count). The average molecular weight is 803 g/mol. The number of benzene rings is 3. The van der Waals surface area contributed by atoms with E-state index in [2.05, 4.69) is 46.9 Å². The minimum absolute atomic E-state index is 0.0713. The quantitative estimate of drug-likeness (QED) is 0.0624. The van der Waals surface area contributed by atoms with Gasteiger partial charge in [-0.1, -0.05) is 43.3 Å². The molecule has 1 fully saturated rings. The number of hydrogen-bond donors (Lipinski definition) is 3. The fraction of sp³-hybridized carbons (Fsp3) is 0.415. The van der Waals surface area contributed by atoms with Crippen molar-refractivity contribution in [3.63, 3.8) is 0 Å². The van der Waals surface area contributed by atoms with Crippen LogP contribution in [0.4, 0.5) is 5.69 Å². The van der Waals surface area contributed by atoms with Gasteiger partial charge in [0.2, 0.25) is 11.8 Å². The van der Waals surface area contributed by atoms with Crippen LogP contribution in [-0.2, 0) is 37.6 Å². The molecule has 1 saturated heterocycles. The zero-order valence-electron chi connectivity index (χ0n) is 31.9. The molecule has 0 aliphatic carbocycles. The number of alkyl halides is 1. The lowest BCUT2D eigenvalue weighted by molar-refractivity contribution is -0.136. The number of ether oxygens (including phenoxy) is 4. The molecular weight excluding hydrogens is 756 g/mol. The number of imide groups is 2. The Bertz CT molecular complexity index is 2020. The Morgan fingerprint density at radius 2 is 1.56 bits per heavy atom. The van der Waals surface area contributed by atoms with Crippen molar-refractivity contribution in [2.24, 2.45) is 0 Å². The molecule has 0 radical (unpaired) electrons. The number of anilines is 1. The van der Waals surface area contributed by atoms with E-state index < -0.39 is 35.8 Å². The number of halogens is 1. The summed E-state index contributed by atoms with van der Waals surface area (Å²) in [7, 11) is 0. The molecule has 3 aromatic carbocycles. The molecule has 57 heavy (non-hydrogen) atoms. The number of rotatable bonds is 21. The topological polar surface area (TPSA) is 183 Å². The molecule has 0 spiro atoms. The smallest absolute Gasteiger partial charge is 0.262 e. The van der Waals surface area contributed by atoms with Gasteiger partial charge in [-0.15, -0.1) is 16.7 Å². The summed E-state index contributed by atoms with van der Waals surface area (Å²) in [5, 5.41) is 23.4. The normalized spacial score (nSPS) is 16.1. The van der Waals surface area contributed by atoms with Crippen LogP contribution in [0.2, 0.25) is 0 Å². The van der Waals surface area contributed by atoms with E-state index in [1.54, 1.807) is 22.9 Å². The summed E-state index contributed by atoms with van der Waals surface area (Å²) >= 11 is 5.64. The number of aliphatic hydroxyl groups excluding tert-OH is 1. The van der Waals surface area contributed by atoms with Gasteiger partial charge in [0, 0.05) is 30.6 Å². The first-order valence-electron chi connectivity index (χ1n) is 18.9. The summed E-state index contributed by atoms with van der Waals surface area (Å²) in [5.74, 6) is -0.558. The van der Waals surface area contributed by atoms with E-state index >= 15 is 0 Å². The van der Waals surface area contributed by atoms with Gasteiger partial charge in [-0.05, 0) is 66.4 Å². The van der Waals surface area contributed by atoms with Crippen LogP contribution >= 0.6 is 11.6 Å². The predicted molar refractivity (Wildman–Crippen MR) is 209 cm³/mol. The SMILES string of the molecule is CC(C)(c1ccc(OCCOCCOCc2cn(CCCNc3ccc4c(c3)C(=O)N(C3CCC(=O)NC3=O)C4=O)nn2)cc1)c1ccc(OC[C@H](O)CCl)cc1. The maximum absolute atomic E-state index is 13.1. The number of carbonyl (C=O) groups is 4. The maximum Gasteiger partial charge on any atom is 0.262 e. The van der Waals surface area contributed by atoms with Gasteiger partial charge in [-0.2, -0.15) is 0 Å². The van der Waals surface area contributed by atoms with Crippen LogP contribution in [0.1, 0.15) is 70.6 Å². The predicted octanol–water partition coefficient (Wildman–Crippen LogP) is 4.10. The number of nitrogens with zero attached hydrogens (tertiary/aromatic N) is 4. The molecule has 1 unspecified atom stereocenters. The number of piperidine rings is 1. The summed E-state index contributed by atoms with van der Waals surface area (Å²) in [6, 6.07) is 19.8. The molecule has 15 nitrogen and oxygen atoms in total. The van der Waals surface area contributed by atoms with E-state index in [1.165, 1.54) is 0 Å². The summed E-state index contributed by atoms with van der Waals surface area (Å²) in [6.07, 6.45) is 2.02. The standard InChI is InChI=1S/C41H47ClN6O9/c1-41(2,28-6-11-33(12-7-28)57-26-31(49)23-42)27-4-9-32(10-5-27)56-21-20-54-18-19-55-25-30-24-47(46-45-30)17-3-16-43-29-8-13-34-35(22-29)40(53)48(39(34)52)36-14-15-37(50)44-38(36)51/h4-13,22,24,31,36,43,49H,3,14-21,23,25-26H2,1-2H3,(H,44,50,51)/t31-,36?/m1/s1. The third kappa shape index (κ3) is 10.5. The van der Waals surface area contributed by atoms with E-state index in [-0.39, 0.29) is 41.9 Å². The number of aromatic nitrogens is 3. The molecular formula is C41H47ClN6O9. The summed E-state index contributed by atoms with van der Waals surface area (Å²) in [6.45, 7) is 7.56. The lowest BCUT2D eigenvalue weighted by atomic mass is 9.78. The van der Waals surface area contributed by atoms with Crippen molar-refractivity contribution < 1.29 is 43.2 Å². The summed E-state index contributed by atoms with van der Waals surface area (Å²) in [5.41, 5.74) is 3.86. The van der Waals surface area contributed by atoms with Crippen LogP contribution in [0.3, 0.4) is 0 Å². The Hall–Kier alpha value is -5.35. The Morgan fingerprint density at radius 1 is 0.895 bits per heavy atom. The Morgan fingerprint density at radius 3 is 2.26 bits per heavy atom. The number of aliphatic hydroxyl groups is 1. The van der Waals surface area contributed by atoms with Crippen LogP contribution in [0.5, 0.6) is 11.5 Å². The first-order valence-corrected chi connectivity index (χ1v) is 19.4. The van der Waals surface area contributed by atoms with Gasteiger partial charge in [-0.25, -0.2) is 0 Å². The second-order valence-corrected chi connectivity index (χ2v) is 14.6. The molecule has 0 bridgehead atoms. The van der Waals surface area contributed by atoms with Crippen LogP contribution in [0.15, 0.2) is 72.9 Å². The highest BCUT2D eigenvalue weighted by atomic mass is 35.5. The molecule has 4 amide bonds. The number of nitrogens with one attached hydrogen (secondary N) is 2. The van der Waals surface area contributed by atoms with E-state index in [1.807, 2.05) is 42.6 Å². The van der Waals surface area contributed by atoms with Gasteiger partial charge in [0.1, 0.15) is 42.6 Å². The Kier molecular flexibility index (Phi) is 13.9. The monoisotopic (exact) mass is 802 g/mol. The number of aryl methyl sites for hydroxylation is 1. The fourth-order valence-corrected chi connectivity index (χ4v) is 6.61. The van der Waals surface area contributed by atoms with E-state index in [0.717, 1.165) is 21.8 Å². The number of fused-ring (bicyclic) bond motifs is 1. The van der Waals surface area contributed by atoms with Crippen molar-refractivity contribution in [1.82, 2.24) is 25.2 Å². The lowest BCUT2D eigenvalue weighted by Crippen LogP contribution is -2.54. The van der Waals surface area contributed by atoms with Gasteiger partial charge in [0.15, 0.2) is 0 Å². The molecule has 0 saturated carbocycles. The van der Waals surface area contributed by atoms with Crippen molar-refractivity contribution >= 4 is 40.9 Å². The molecule has 4 aromatic rings. The third-order valence-corrected chi connectivity index (χ3v) is 10.2. The molecule has 3 heterocycles. The molecule has 302 valence electrons. The Balaban J connectivity index is 0.824. The molecule has 16 heteroatoms. The second kappa shape index (κ2) is 19.2. The maximum atomic E-state index is 13.1. The van der Waals surface area contributed by atoms with Crippen molar-refractivity contribution in [2.45, 2.75) is 63.8 Å². The van der Waals surface area contributed by atoms with E-state index in [0.29, 0.717) is 69.7 Å². The van der Waals surface area contributed by atoms with Crippen LogP contribution < -0.4 is 20.1 Å². The van der Waals surface area contributed by atoms with Crippen LogP contribution in [0, 0.1) is 0 Å². The minimum Gasteiger partial charge on any atom is -0.491 e. The number of hydrogen-bond acceptors (Lipinski definition) is 12. The molecule has 2 atom stereocenters. The number of amides is 4. The molecule has 2 aliphatic heterocycles. The minimum atomic E-state index is -0.997. The second-order valence-electron chi connectivity index (χ2n) is 14.3. The van der Waals surface area contributed by atoms with E-state index in [4.69, 9.17) is 30.5 Å². The largest absolute Gasteiger partial charge is 0.491 e. The summed E-state index contributed by atoms with van der Waals surface area (Å²) < 4.78 is 24.6. The zero-order chi connectivity index (χ0) is 40.4. The van der Waals surface area contributed by atoms with Gasteiger partial charge in [0.05, 0.1) is 49.6 Å². The molecule has 3 N–H and O–H groups in total. The first-order chi connectivity index (χ1) is 27.5.